The van der Waals surface area contributed by atoms with Crippen molar-refractivity contribution >= 4 is 16.0 Å². The molecule has 2 aliphatic carbocycles. The molecule has 4 unspecified atom stereocenters. The zero-order chi connectivity index (χ0) is 16.7. The van der Waals surface area contributed by atoms with E-state index in [1.54, 1.807) is 7.05 Å². The van der Waals surface area contributed by atoms with Crippen LogP contribution in [-0.2, 0) is 19.6 Å². The van der Waals surface area contributed by atoms with Gasteiger partial charge >= 0.3 is 5.97 Å². The highest BCUT2D eigenvalue weighted by Crippen LogP contribution is 2.51. The molecule has 4 atom stereocenters. The molecular formula is C16H29NO4S. The average molecular weight is 331 g/mol. The van der Waals surface area contributed by atoms with Crippen LogP contribution in [0.1, 0.15) is 46.0 Å². The second-order valence-electron chi connectivity index (χ2n) is 7.81. The van der Waals surface area contributed by atoms with Crippen LogP contribution in [0, 0.1) is 23.2 Å². The fourth-order valence-electron chi connectivity index (χ4n) is 4.60. The highest BCUT2D eigenvalue weighted by molar-refractivity contribution is 7.88. The van der Waals surface area contributed by atoms with Crippen LogP contribution in [0.4, 0.5) is 0 Å². The molecule has 128 valence electrons. The molecule has 0 aliphatic heterocycles. The van der Waals surface area contributed by atoms with Gasteiger partial charge in [0.25, 0.3) is 0 Å². The summed E-state index contributed by atoms with van der Waals surface area (Å²) in [6, 6.07) is -0.0174. The Hall–Kier alpha value is -0.620. The predicted octanol–water partition coefficient (Wildman–Crippen LogP) is 2.27. The number of hydrogen-bond acceptors (Lipinski definition) is 4. The number of sulfonamides is 1. The van der Waals surface area contributed by atoms with E-state index >= 15 is 0 Å². The molecule has 0 aromatic carbocycles. The van der Waals surface area contributed by atoms with Crippen molar-refractivity contribution in [3.05, 3.63) is 0 Å². The lowest BCUT2D eigenvalue weighted by Gasteiger charge is -2.52. The highest BCUT2D eigenvalue weighted by atomic mass is 32.2. The van der Waals surface area contributed by atoms with E-state index < -0.39 is 10.0 Å². The lowest BCUT2D eigenvalue weighted by Crippen LogP contribution is -2.53. The number of esters is 1. The van der Waals surface area contributed by atoms with E-state index in [-0.39, 0.29) is 35.2 Å². The van der Waals surface area contributed by atoms with Crippen molar-refractivity contribution in [2.45, 2.75) is 52.0 Å². The fraction of sp³-hybridized carbons (Fsp3) is 0.938. The molecular weight excluding hydrogens is 302 g/mol. The van der Waals surface area contributed by atoms with Gasteiger partial charge in [0.2, 0.25) is 10.0 Å². The summed E-state index contributed by atoms with van der Waals surface area (Å²) in [6.45, 7) is 4.35. The fourth-order valence-corrected chi connectivity index (χ4v) is 5.32. The van der Waals surface area contributed by atoms with Gasteiger partial charge < -0.3 is 4.74 Å². The van der Waals surface area contributed by atoms with E-state index in [0.29, 0.717) is 0 Å². The number of fused-ring (bicyclic) bond motifs is 1. The number of hydrogen-bond donors (Lipinski definition) is 0. The Balaban J connectivity index is 2.34. The third-order valence-corrected chi connectivity index (χ3v) is 6.97. The second kappa shape index (κ2) is 6.11. The van der Waals surface area contributed by atoms with E-state index in [9.17, 15) is 13.2 Å². The molecule has 5 nitrogen and oxygen atoms in total. The molecule has 0 heterocycles. The van der Waals surface area contributed by atoms with Crippen molar-refractivity contribution in [3.63, 3.8) is 0 Å². The Morgan fingerprint density at radius 3 is 2.36 bits per heavy atom. The first-order valence-electron chi connectivity index (χ1n) is 8.07. The SMILES string of the molecule is COC(=O)C1CCCC2C1CC(C)(C)CC2N(C)S(C)(=O)=O. The molecule has 2 rings (SSSR count). The van der Waals surface area contributed by atoms with Gasteiger partial charge in [-0.3, -0.25) is 4.79 Å². The van der Waals surface area contributed by atoms with Gasteiger partial charge in [0.05, 0.1) is 19.3 Å². The van der Waals surface area contributed by atoms with Crippen molar-refractivity contribution in [2.75, 3.05) is 20.4 Å². The van der Waals surface area contributed by atoms with E-state index in [1.807, 2.05) is 0 Å². The smallest absolute Gasteiger partial charge is 0.308 e. The first-order chi connectivity index (χ1) is 10.1. The summed E-state index contributed by atoms with van der Waals surface area (Å²) in [5.41, 5.74) is 0.0361. The summed E-state index contributed by atoms with van der Waals surface area (Å²) >= 11 is 0. The molecule has 0 aromatic rings. The normalized spacial score (nSPS) is 35.0. The second-order valence-corrected chi connectivity index (χ2v) is 9.85. The molecule has 0 aromatic heterocycles. The molecule has 0 bridgehead atoms. The highest BCUT2D eigenvalue weighted by Gasteiger charge is 2.50. The molecule has 2 fully saturated rings. The summed E-state index contributed by atoms with van der Waals surface area (Å²) in [7, 11) is -0.104. The van der Waals surface area contributed by atoms with Gasteiger partial charge in [-0.25, -0.2) is 12.7 Å². The number of carbonyl (C=O) groups excluding carboxylic acids is 1. The Labute approximate surface area is 134 Å². The van der Waals surface area contributed by atoms with Gasteiger partial charge in [0.15, 0.2) is 0 Å². The Morgan fingerprint density at radius 2 is 1.82 bits per heavy atom. The Bertz CT molecular complexity index is 528. The number of methoxy groups -OCH3 is 1. The van der Waals surface area contributed by atoms with E-state index in [2.05, 4.69) is 13.8 Å². The van der Waals surface area contributed by atoms with Crippen molar-refractivity contribution in [1.82, 2.24) is 4.31 Å². The molecule has 0 radical (unpaired) electrons. The molecule has 0 spiro atoms. The lowest BCUT2D eigenvalue weighted by atomic mass is 9.57. The van der Waals surface area contributed by atoms with Crippen LogP contribution < -0.4 is 0 Å². The maximum absolute atomic E-state index is 12.2. The number of ether oxygens (including phenoxy) is 1. The first kappa shape index (κ1) is 17.7. The zero-order valence-corrected chi connectivity index (χ0v) is 15.1. The van der Waals surface area contributed by atoms with Crippen molar-refractivity contribution in [3.8, 4) is 0 Å². The molecule has 0 amide bonds. The van der Waals surface area contributed by atoms with Crippen molar-refractivity contribution in [2.24, 2.45) is 23.2 Å². The third kappa shape index (κ3) is 3.48. The predicted molar refractivity (Wildman–Crippen MR) is 85.7 cm³/mol. The van der Waals surface area contributed by atoms with Crippen LogP contribution >= 0.6 is 0 Å². The lowest BCUT2D eigenvalue weighted by molar-refractivity contribution is -0.152. The molecule has 0 N–H and O–H groups in total. The number of rotatable bonds is 3. The van der Waals surface area contributed by atoms with Crippen LogP contribution in [0.25, 0.3) is 0 Å². The monoisotopic (exact) mass is 331 g/mol. The molecule has 22 heavy (non-hydrogen) atoms. The molecule has 6 heteroatoms. The van der Waals surface area contributed by atoms with Gasteiger partial charge in [-0.05, 0) is 42.9 Å². The Morgan fingerprint density at radius 1 is 1.18 bits per heavy atom. The largest absolute Gasteiger partial charge is 0.469 e. The number of nitrogens with zero attached hydrogens (tertiary/aromatic N) is 1. The quantitative estimate of drug-likeness (QED) is 0.744. The first-order valence-corrected chi connectivity index (χ1v) is 9.92. The maximum atomic E-state index is 12.2. The standard InChI is InChI=1S/C16H29NO4S/c1-16(2)9-13-11(7-6-8-12(13)15(18)21-4)14(10-16)17(3)22(5,19)20/h11-14H,6-10H2,1-5H3. The number of carbonyl (C=O) groups is 1. The molecule has 2 saturated carbocycles. The van der Waals surface area contributed by atoms with Gasteiger partial charge in [-0.2, -0.15) is 0 Å². The summed E-state index contributed by atoms with van der Waals surface area (Å²) in [5.74, 6) is 0.261. The third-order valence-electron chi connectivity index (χ3n) is 5.66. The van der Waals surface area contributed by atoms with E-state index in [4.69, 9.17) is 4.74 Å². The van der Waals surface area contributed by atoms with Crippen molar-refractivity contribution in [1.29, 1.82) is 0 Å². The maximum Gasteiger partial charge on any atom is 0.308 e. The molecule has 2 aliphatic rings. The van der Waals surface area contributed by atoms with Crippen LogP contribution in [0.15, 0.2) is 0 Å². The summed E-state index contributed by atoms with van der Waals surface area (Å²) in [4.78, 5) is 12.2. The zero-order valence-electron chi connectivity index (χ0n) is 14.3. The van der Waals surface area contributed by atoms with E-state index in [1.165, 1.54) is 17.7 Å². The van der Waals surface area contributed by atoms with Crippen LogP contribution in [-0.4, -0.2) is 45.1 Å². The Kier molecular flexibility index (Phi) is 4.93. The minimum absolute atomic E-state index is 0.0174. The summed E-state index contributed by atoms with van der Waals surface area (Å²) < 4.78 is 30.6. The minimum Gasteiger partial charge on any atom is -0.469 e. The van der Waals surface area contributed by atoms with Crippen LogP contribution in [0.3, 0.4) is 0 Å². The average Bonchev–Trinajstić information content (AvgIpc) is 2.42. The van der Waals surface area contributed by atoms with Gasteiger partial charge in [-0.15, -0.1) is 0 Å². The van der Waals surface area contributed by atoms with Gasteiger partial charge in [0, 0.05) is 13.1 Å². The van der Waals surface area contributed by atoms with E-state index in [0.717, 1.165) is 32.1 Å². The van der Waals surface area contributed by atoms with Crippen molar-refractivity contribution < 1.29 is 17.9 Å². The van der Waals surface area contributed by atoms with Crippen LogP contribution in [0.2, 0.25) is 0 Å². The van der Waals surface area contributed by atoms with Crippen LogP contribution in [0.5, 0.6) is 0 Å². The van der Waals surface area contributed by atoms with Gasteiger partial charge in [0.1, 0.15) is 0 Å². The summed E-state index contributed by atoms with van der Waals surface area (Å²) in [6.07, 6.45) is 5.91. The topological polar surface area (TPSA) is 63.7 Å². The van der Waals surface area contributed by atoms with Gasteiger partial charge in [-0.1, -0.05) is 20.3 Å². The molecule has 0 saturated heterocycles. The summed E-state index contributed by atoms with van der Waals surface area (Å²) in [5, 5.41) is 0. The minimum atomic E-state index is -3.23.